The maximum absolute atomic E-state index is 12.4. The van der Waals surface area contributed by atoms with Crippen molar-refractivity contribution in [2.45, 2.75) is 43.9 Å². The van der Waals surface area contributed by atoms with Crippen LogP contribution in [0.25, 0.3) is 0 Å². The quantitative estimate of drug-likeness (QED) is 0.871. The van der Waals surface area contributed by atoms with Crippen LogP contribution in [0, 0.1) is 30.6 Å². The molecule has 0 saturated heterocycles. The van der Waals surface area contributed by atoms with Crippen LogP contribution in [-0.2, 0) is 10.0 Å². The number of nitrogens with zero attached hydrogens (tertiary/aromatic N) is 1. The molecule has 0 aromatic heterocycles. The van der Waals surface area contributed by atoms with Crippen LogP contribution >= 0.6 is 0 Å². The maximum atomic E-state index is 12.4. The van der Waals surface area contributed by atoms with Gasteiger partial charge in [-0.2, -0.15) is 13.5 Å². The first-order chi connectivity index (χ1) is 10.5. The van der Waals surface area contributed by atoms with Gasteiger partial charge in [-0.3, -0.25) is 0 Å². The Balaban J connectivity index is 1.55. The molecular formula is C17H22N2O2S. The Labute approximate surface area is 132 Å². The third-order valence-electron chi connectivity index (χ3n) is 5.66. The fourth-order valence-corrected chi connectivity index (χ4v) is 5.57. The van der Waals surface area contributed by atoms with Crippen LogP contribution in [0.3, 0.4) is 0 Å². The molecule has 4 rings (SSSR count). The fraction of sp³-hybridized carbons (Fsp3) is 0.588. The Morgan fingerprint density at radius 2 is 1.77 bits per heavy atom. The van der Waals surface area contributed by atoms with Crippen LogP contribution in [-0.4, -0.2) is 14.1 Å². The number of hydrazone groups is 1. The predicted octanol–water partition coefficient (Wildman–Crippen LogP) is 3.09. The molecule has 0 heterocycles. The van der Waals surface area contributed by atoms with Crippen molar-refractivity contribution in [3.63, 3.8) is 0 Å². The van der Waals surface area contributed by atoms with E-state index < -0.39 is 10.0 Å². The highest BCUT2D eigenvalue weighted by atomic mass is 32.2. The fourth-order valence-electron chi connectivity index (χ4n) is 4.73. The van der Waals surface area contributed by atoms with E-state index >= 15 is 0 Å². The largest absolute Gasteiger partial charge is 0.276 e. The molecule has 118 valence electrons. The van der Waals surface area contributed by atoms with Gasteiger partial charge >= 0.3 is 0 Å². The number of hydrogen-bond donors (Lipinski definition) is 1. The van der Waals surface area contributed by atoms with Gasteiger partial charge in [-0.25, -0.2) is 4.83 Å². The van der Waals surface area contributed by atoms with E-state index in [2.05, 4.69) is 9.93 Å². The van der Waals surface area contributed by atoms with E-state index in [1.165, 1.54) is 25.7 Å². The average Bonchev–Trinajstić information content (AvgIpc) is 2.70. The highest BCUT2D eigenvalue weighted by Crippen LogP contribution is 2.53. The minimum atomic E-state index is -3.55. The summed E-state index contributed by atoms with van der Waals surface area (Å²) in [5.74, 6) is 2.85. The van der Waals surface area contributed by atoms with Crippen molar-refractivity contribution in [3.05, 3.63) is 29.8 Å². The number of sulfonamides is 1. The SMILES string of the molecule is Cc1ccc(S(=O)(=O)NN=C2CC3CC4CC(C3)C2C4)cc1. The van der Waals surface area contributed by atoms with E-state index in [0.29, 0.717) is 5.92 Å². The summed E-state index contributed by atoms with van der Waals surface area (Å²) >= 11 is 0. The lowest BCUT2D eigenvalue weighted by atomic mass is 9.71. The molecule has 4 atom stereocenters. The number of benzene rings is 1. The monoisotopic (exact) mass is 318 g/mol. The van der Waals surface area contributed by atoms with Crippen LogP contribution in [0.4, 0.5) is 0 Å². The smallest absolute Gasteiger partial charge is 0.200 e. The minimum absolute atomic E-state index is 0.283. The minimum Gasteiger partial charge on any atom is -0.200 e. The van der Waals surface area contributed by atoms with Crippen molar-refractivity contribution >= 4 is 15.7 Å². The molecule has 3 saturated carbocycles. The molecule has 0 spiro atoms. The number of rotatable bonds is 3. The van der Waals surface area contributed by atoms with Gasteiger partial charge in [-0.05, 0) is 68.9 Å². The molecule has 1 aromatic rings. The Hall–Kier alpha value is -1.36. The average molecular weight is 318 g/mol. The molecule has 1 aromatic carbocycles. The summed E-state index contributed by atoms with van der Waals surface area (Å²) < 4.78 is 24.7. The molecule has 5 heteroatoms. The summed E-state index contributed by atoms with van der Waals surface area (Å²) in [6.45, 7) is 1.94. The van der Waals surface area contributed by atoms with Crippen LogP contribution in [0.2, 0.25) is 0 Å². The van der Waals surface area contributed by atoms with Crippen molar-refractivity contribution < 1.29 is 8.42 Å². The molecule has 4 nitrogen and oxygen atoms in total. The van der Waals surface area contributed by atoms with E-state index in [0.717, 1.165) is 35.4 Å². The Kier molecular flexibility index (Phi) is 3.29. The summed E-state index contributed by atoms with van der Waals surface area (Å²) in [7, 11) is -3.55. The maximum Gasteiger partial charge on any atom is 0.276 e. The molecule has 0 amide bonds. The normalized spacial score (nSPS) is 35.0. The van der Waals surface area contributed by atoms with E-state index in [1.54, 1.807) is 12.1 Å². The van der Waals surface area contributed by atoms with Gasteiger partial charge < -0.3 is 0 Å². The first-order valence-electron chi connectivity index (χ1n) is 8.16. The Morgan fingerprint density at radius 1 is 1.05 bits per heavy atom. The van der Waals surface area contributed by atoms with Gasteiger partial charge in [-0.15, -0.1) is 0 Å². The molecule has 4 unspecified atom stereocenters. The van der Waals surface area contributed by atoms with Crippen LogP contribution < -0.4 is 4.83 Å². The van der Waals surface area contributed by atoms with Gasteiger partial charge in [0.05, 0.1) is 4.90 Å². The summed E-state index contributed by atoms with van der Waals surface area (Å²) in [5.41, 5.74) is 2.14. The zero-order valence-electron chi connectivity index (χ0n) is 12.8. The van der Waals surface area contributed by atoms with E-state index in [1.807, 2.05) is 19.1 Å². The Bertz CT molecular complexity index is 707. The summed E-state index contributed by atoms with van der Waals surface area (Å²) in [4.78, 5) is 2.76. The molecule has 3 aliphatic carbocycles. The molecule has 3 aliphatic rings. The lowest BCUT2D eigenvalue weighted by molar-refractivity contribution is 0.242. The van der Waals surface area contributed by atoms with E-state index in [9.17, 15) is 8.42 Å². The van der Waals surface area contributed by atoms with Crippen LogP contribution in [0.5, 0.6) is 0 Å². The standard InChI is InChI=1S/C17H22N2O2S/c1-11-2-4-15(5-3-11)22(20,21)19-18-17-10-13-6-12-7-14(8-13)16(17)9-12/h2-5,12-14,16,19H,6-10H2,1H3. The van der Waals surface area contributed by atoms with Crippen molar-refractivity contribution in [3.8, 4) is 0 Å². The molecule has 0 radical (unpaired) electrons. The third kappa shape index (κ3) is 2.45. The number of hydrogen-bond acceptors (Lipinski definition) is 3. The zero-order chi connectivity index (χ0) is 15.3. The number of aryl methyl sites for hydroxylation is 1. The first kappa shape index (κ1) is 14.2. The van der Waals surface area contributed by atoms with Gasteiger partial charge in [0.25, 0.3) is 10.0 Å². The first-order valence-corrected chi connectivity index (χ1v) is 9.64. The second kappa shape index (κ2) is 5.08. The molecule has 0 aliphatic heterocycles. The van der Waals surface area contributed by atoms with Gasteiger partial charge in [0.15, 0.2) is 0 Å². The second-order valence-electron chi connectivity index (χ2n) is 7.26. The van der Waals surface area contributed by atoms with Crippen LogP contribution in [0.1, 0.15) is 37.7 Å². The van der Waals surface area contributed by atoms with Gasteiger partial charge in [0.2, 0.25) is 0 Å². The predicted molar refractivity (Wildman–Crippen MR) is 86.0 cm³/mol. The van der Waals surface area contributed by atoms with Gasteiger partial charge in [0, 0.05) is 11.6 Å². The molecule has 22 heavy (non-hydrogen) atoms. The van der Waals surface area contributed by atoms with Gasteiger partial charge in [0.1, 0.15) is 0 Å². The molecule has 1 N–H and O–H groups in total. The highest BCUT2D eigenvalue weighted by molar-refractivity contribution is 7.89. The van der Waals surface area contributed by atoms with Crippen LogP contribution in [0.15, 0.2) is 34.3 Å². The van der Waals surface area contributed by atoms with Gasteiger partial charge in [-0.1, -0.05) is 17.7 Å². The second-order valence-corrected chi connectivity index (χ2v) is 8.92. The molecular weight excluding hydrogens is 296 g/mol. The van der Waals surface area contributed by atoms with Crippen molar-refractivity contribution in [2.75, 3.05) is 0 Å². The van der Waals surface area contributed by atoms with E-state index in [4.69, 9.17) is 0 Å². The zero-order valence-corrected chi connectivity index (χ0v) is 13.6. The lowest BCUT2D eigenvalue weighted by Gasteiger charge is -2.34. The summed E-state index contributed by atoms with van der Waals surface area (Å²) in [6, 6.07) is 6.89. The Morgan fingerprint density at radius 3 is 2.55 bits per heavy atom. The summed E-state index contributed by atoms with van der Waals surface area (Å²) in [5, 5.41) is 4.35. The van der Waals surface area contributed by atoms with Crippen molar-refractivity contribution in [1.29, 1.82) is 0 Å². The van der Waals surface area contributed by atoms with Crippen molar-refractivity contribution in [2.24, 2.45) is 28.8 Å². The number of nitrogens with one attached hydrogen (secondary N) is 1. The number of fused-ring (bicyclic) bond motifs is 2. The highest BCUT2D eigenvalue weighted by Gasteiger charge is 2.47. The molecule has 3 bridgehead atoms. The topological polar surface area (TPSA) is 58.5 Å². The van der Waals surface area contributed by atoms with E-state index in [-0.39, 0.29) is 4.90 Å². The summed E-state index contributed by atoms with van der Waals surface area (Å²) in [6.07, 6.45) is 6.16. The molecule has 3 fully saturated rings. The van der Waals surface area contributed by atoms with Crippen molar-refractivity contribution in [1.82, 2.24) is 4.83 Å². The lowest BCUT2D eigenvalue weighted by Crippen LogP contribution is -2.32. The third-order valence-corrected chi connectivity index (χ3v) is 6.89.